The number of thiophene rings is 1. The summed E-state index contributed by atoms with van der Waals surface area (Å²) in [5, 5.41) is 0. The second-order valence-electron chi connectivity index (χ2n) is 4.14. The van der Waals surface area contributed by atoms with E-state index in [2.05, 4.69) is 15.9 Å². The van der Waals surface area contributed by atoms with Gasteiger partial charge >= 0.3 is 0 Å². The highest BCUT2D eigenvalue weighted by molar-refractivity contribution is 9.10. The van der Waals surface area contributed by atoms with E-state index in [1.54, 1.807) is 7.11 Å². The molecule has 0 unspecified atom stereocenters. The fourth-order valence-electron chi connectivity index (χ4n) is 1.80. The van der Waals surface area contributed by atoms with Gasteiger partial charge in [-0.3, -0.25) is 0 Å². The van der Waals surface area contributed by atoms with Crippen molar-refractivity contribution in [3.05, 3.63) is 43.5 Å². The van der Waals surface area contributed by atoms with Gasteiger partial charge in [-0.15, -0.1) is 11.3 Å². The molecule has 0 aliphatic carbocycles. The number of halogens is 2. The number of benzene rings is 1. The normalized spacial score (nSPS) is 10.6. The van der Waals surface area contributed by atoms with Gasteiger partial charge in [0.25, 0.3) is 0 Å². The summed E-state index contributed by atoms with van der Waals surface area (Å²) in [4.78, 5) is 1.06. The predicted molar refractivity (Wildman–Crippen MR) is 87.1 cm³/mol. The summed E-state index contributed by atoms with van der Waals surface area (Å²) in [5.41, 5.74) is 6.69. The Morgan fingerprint density at radius 2 is 2.15 bits per heavy atom. The molecular formula is C14H15BrClNO2S. The molecule has 1 aromatic carbocycles. The van der Waals surface area contributed by atoms with E-state index in [1.165, 1.54) is 11.3 Å². The Morgan fingerprint density at radius 1 is 1.35 bits per heavy atom. The summed E-state index contributed by atoms with van der Waals surface area (Å²) >= 11 is 10.9. The molecule has 3 nitrogen and oxygen atoms in total. The summed E-state index contributed by atoms with van der Waals surface area (Å²) in [6.45, 7) is 1.06. The zero-order chi connectivity index (χ0) is 14.5. The van der Waals surface area contributed by atoms with Crippen molar-refractivity contribution >= 4 is 38.9 Å². The lowest BCUT2D eigenvalue weighted by molar-refractivity contribution is 0.285. The molecule has 0 saturated carbocycles. The highest BCUT2D eigenvalue weighted by atomic mass is 79.9. The fraction of sp³-hybridized carbons (Fsp3) is 0.286. The summed E-state index contributed by atoms with van der Waals surface area (Å²) < 4.78 is 12.8. The van der Waals surface area contributed by atoms with Crippen molar-refractivity contribution in [3.63, 3.8) is 0 Å². The first-order valence-corrected chi connectivity index (χ1v) is 8.06. The molecule has 0 saturated heterocycles. The van der Waals surface area contributed by atoms with E-state index in [0.717, 1.165) is 25.7 Å². The molecule has 0 aliphatic rings. The van der Waals surface area contributed by atoms with Crippen molar-refractivity contribution < 1.29 is 9.47 Å². The van der Waals surface area contributed by atoms with Crippen LogP contribution in [0.25, 0.3) is 0 Å². The number of rotatable bonds is 6. The van der Waals surface area contributed by atoms with Gasteiger partial charge in [-0.25, -0.2) is 0 Å². The highest BCUT2D eigenvalue weighted by Crippen LogP contribution is 2.37. The maximum atomic E-state index is 5.90. The van der Waals surface area contributed by atoms with E-state index >= 15 is 0 Å². The van der Waals surface area contributed by atoms with Crippen LogP contribution in [0.15, 0.2) is 28.7 Å². The van der Waals surface area contributed by atoms with Crippen molar-refractivity contribution in [2.75, 3.05) is 13.7 Å². The van der Waals surface area contributed by atoms with Crippen molar-refractivity contribution in [2.45, 2.75) is 13.0 Å². The molecule has 0 aliphatic heterocycles. The van der Waals surface area contributed by atoms with Crippen LogP contribution >= 0.6 is 38.9 Å². The topological polar surface area (TPSA) is 44.5 Å². The lowest BCUT2D eigenvalue weighted by Gasteiger charge is -2.13. The van der Waals surface area contributed by atoms with Gasteiger partial charge in [0.2, 0.25) is 0 Å². The average molecular weight is 377 g/mol. The summed E-state index contributed by atoms with van der Waals surface area (Å²) in [6, 6.07) is 7.78. The molecule has 0 bridgehead atoms. The van der Waals surface area contributed by atoms with Crippen LogP contribution in [0, 0.1) is 0 Å². The van der Waals surface area contributed by atoms with E-state index in [-0.39, 0.29) is 0 Å². The summed E-state index contributed by atoms with van der Waals surface area (Å²) in [6.07, 6.45) is 0.801. The average Bonchev–Trinajstić information content (AvgIpc) is 2.83. The van der Waals surface area contributed by atoms with Crippen LogP contribution in [-0.2, 0) is 13.0 Å². The van der Waals surface area contributed by atoms with Crippen LogP contribution in [-0.4, -0.2) is 13.7 Å². The minimum atomic E-state index is 0.461. The zero-order valence-electron chi connectivity index (χ0n) is 11.0. The van der Waals surface area contributed by atoms with Crippen LogP contribution in [0.1, 0.15) is 10.4 Å². The second kappa shape index (κ2) is 7.31. The third-order valence-electron chi connectivity index (χ3n) is 2.71. The van der Waals surface area contributed by atoms with Gasteiger partial charge in [0.05, 0.1) is 15.9 Å². The SMILES string of the molecule is COc1cc(CCN)cc(Br)c1OCc1ccc(Cl)s1. The van der Waals surface area contributed by atoms with E-state index in [4.69, 9.17) is 26.8 Å². The quantitative estimate of drug-likeness (QED) is 0.819. The van der Waals surface area contributed by atoms with E-state index < -0.39 is 0 Å². The summed E-state index contributed by atoms with van der Waals surface area (Å²) in [5.74, 6) is 1.39. The van der Waals surface area contributed by atoms with E-state index in [1.807, 2.05) is 24.3 Å². The van der Waals surface area contributed by atoms with Gasteiger partial charge in [0, 0.05) is 4.88 Å². The van der Waals surface area contributed by atoms with Gasteiger partial charge in [-0.2, -0.15) is 0 Å². The molecule has 1 heterocycles. The minimum Gasteiger partial charge on any atom is -0.493 e. The van der Waals surface area contributed by atoms with Gasteiger partial charge in [-0.05, 0) is 58.7 Å². The Morgan fingerprint density at radius 3 is 2.75 bits per heavy atom. The van der Waals surface area contributed by atoms with Crippen LogP contribution in [0.4, 0.5) is 0 Å². The fourth-order valence-corrected chi connectivity index (χ4v) is 3.40. The first kappa shape index (κ1) is 15.6. The molecule has 2 rings (SSSR count). The molecule has 2 N–H and O–H groups in total. The second-order valence-corrected chi connectivity index (χ2v) is 6.80. The molecular weight excluding hydrogens is 362 g/mol. The van der Waals surface area contributed by atoms with Gasteiger partial charge < -0.3 is 15.2 Å². The van der Waals surface area contributed by atoms with Crippen LogP contribution in [0.2, 0.25) is 4.34 Å². The Labute approximate surface area is 135 Å². The van der Waals surface area contributed by atoms with Crippen molar-refractivity contribution in [2.24, 2.45) is 5.73 Å². The first-order chi connectivity index (χ1) is 9.63. The van der Waals surface area contributed by atoms with Crippen molar-refractivity contribution in [1.29, 1.82) is 0 Å². The number of hydrogen-bond donors (Lipinski definition) is 1. The van der Waals surface area contributed by atoms with Crippen molar-refractivity contribution in [1.82, 2.24) is 0 Å². The third-order valence-corrected chi connectivity index (χ3v) is 4.50. The Bertz CT molecular complexity index is 589. The molecule has 0 spiro atoms. The Kier molecular flexibility index (Phi) is 5.72. The molecule has 0 amide bonds. The number of ether oxygens (including phenoxy) is 2. The van der Waals surface area contributed by atoms with E-state index in [0.29, 0.717) is 24.7 Å². The third kappa shape index (κ3) is 3.88. The smallest absolute Gasteiger partial charge is 0.175 e. The highest BCUT2D eigenvalue weighted by Gasteiger charge is 2.12. The molecule has 2 aromatic rings. The molecule has 20 heavy (non-hydrogen) atoms. The lowest BCUT2D eigenvalue weighted by atomic mass is 10.1. The molecule has 1 aromatic heterocycles. The standard InChI is InChI=1S/C14H15BrClNO2S/c1-18-12-7-9(4-5-17)6-11(15)14(12)19-8-10-2-3-13(16)20-10/h2-3,6-7H,4-5,8,17H2,1H3. The first-order valence-electron chi connectivity index (χ1n) is 6.07. The number of nitrogens with two attached hydrogens (primary N) is 1. The number of methoxy groups -OCH3 is 1. The zero-order valence-corrected chi connectivity index (χ0v) is 14.1. The maximum absolute atomic E-state index is 5.90. The van der Waals surface area contributed by atoms with Gasteiger partial charge in [-0.1, -0.05) is 11.6 Å². The van der Waals surface area contributed by atoms with Gasteiger partial charge in [0.1, 0.15) is 6.61 Å². The molecule has 0 radical (unpaired) electrons. The minimum absolute atomic E-state index is 0.461. The number of hydrogen-bond acceptors (Lipinski definition) is 4. The molecule has 108 valence electrons. The predicted octanol–water partition coefficient (Wildman–Crippen LogP) is 4.25. The molecule has 0 atom stereocenters. The summed E-state index contributed by atoms with van der Waals surface area (Å²) in [7, 11) is 1.63. The van der Waals surface area contributed by atoms with Crippen LogP contribution < -0.4 is 15.2 Å². The Balaban J connectivity index is 2.17. The van der Waals surface area contributed by atoms with Crippen LogP contribution in [0.3, 0.4) is 0 Å². The lowest BCUT2D eigenvalue weighted by Crippen LogP contribution is -2.04. The maximum Gasteiger partial charge on any atom is 0.175 e. The van der Waals surface area contributed by atoms with E-state index in [9.17, 15) is 0 Å². The van der Waals surface area contributed by atoms with Crippen molar-refractivity contribution in [3.8, 4) is 11.5 Å². The van der Waals surface area contributed by atoms with Crippen LogP contribution in [0.5, 0.6) is 11.5 Å². The monoisotopic (exact) mass is 375 g/mol. The molecule has 6 heteroatoms. The largest absolute Gasteiger partial charge is 0.493 e. The Hall–Kier alpha value is -0.750. The van der Waals surface area contributed by atoms with Gasteiger partial charge in [0.15, 0.2) is 11.5 Å². The molecule has 0 fully saturated rings.